The van der Waals surface area contributed by atoms with Crippen LogP contribution in [0.1, 0.15) is 11.7 Å². The lowest BCUT2D eigenvalue weighted by atomic mass is 10.1. The summed E-state index contributed by atoms with van der Waals surface area (Å²) in [5, 5.41) is 23.1. The lowest BCUT2D eigenvalue weighted by Gasteiger charge is -2.14. The molecule has 0 aromatic heterocycles. The van der Waals surface area contributed by atoms with Crippen LogP contribution in [0.15, 0.2) is 42.5 Å². The number of hydrogen-bond acceptors (Lipinski definition) is 5. The lowest BCUT2D eigenvalue weighted by Crippen LogP contribution is -2.17. The van der Waals surface area contributed by atoms with Gasteiger partial charge in [-0.3, -0.25) is 10.1 Å². The Hall–Kier alpha value is -2.88. The van der Waals surface area contributed by atoms with Crippen molar-refractivity contribution in [2.45, 2.75) is 12.5 Å². The Kier molecular flexibility index (Phi) is 5.42. The quantitative estimate of drug-likeness (QED) is 0.465. The van der Waals surface area contributed by atoms with Crippen LogP contribution in [0, 0.1) is 15.9 Å². The number of ether oxygens (including phenoxy) is 1. The van der Waals surface area contributed by atoms with E-state index in [-0.39, 0.29) is 17.8 Å². The zero-order valence-electron chi connectivity index (χ0n) is 12.5. The van der Waals surface area contributed by atoms with Crippen molar-refractivity contribution in [2.75, 3.05) is 11.9 Å². The third-order valence-electron chi connectivity index (χ3n) is 3.15. The summed E-state index contributed by atoms with van der Waals surface area (Å²) in [5.41, 5.74) is -0.185. The highest BCUT2D eigenvalue weighted by Gasteiger charge is 2.31. The van der Waals surface area contributed by atoms with Crippen molar-refractivity contribution in [2.24, 2.45) is 0 Å². The largest absolute Gasteiger partial charge is 0.573 e. The number of halogens is 4. The second-order valence-electron chi connectivity index (χ2n) is 4.93. The number of nitrogens with one attached hydrogen (secondary N) is 1. The van der Waals surface area contributed by atoms with E-state index in [0.717, 1.165) is 30.3 Å². The zero-order chi connectivity index (χ0) is 18.6. The molecule has 0 saturated heterocycles. The van der Waals surface area contributed by atoms with Crippen LogP contribution >= 0.6 is 0 Å². The van der Waals surface area contributed by atoms with E-state index in [4.69, 9.17) is 0 Å². The number of anilines is 1. The van der Waals surface area contributed by atoms with E-state index < -0.39 is 34.6 Å². The number of nitro benzene ring substituents is 1. The molecule has 1 atom stereocenters. The topological polar surface area (TPSA) is 84.6 Å². The Morgan fingerprint density at radius 2 is 1.84 bits per heavy atom. The molecule has 0 radical (unpaired) electrons. The molecule has 25 heavy (non-hydrogen) atoms. The van der Waals surface area contributed by atoms with E-state index in [2.05, 4.69) is 10.1 Å². The fourth-order valence-electron chi connectivity index (χ4n) is 1.98. The van der Waals surface area contributed by atoms with Crippen molar-refractivity contribution in [1.82, 2.24) is 0 Å². The Morgan fingerprint density at radius 1 is 1.20 bits per heavy atom. The van der Waals surface area contributed by atoms with Crippen LogP contribution in [0.2, 0.25) is 0 Å². The van der Waals surface area contributed by atoms with Crippen molar-refractivity contribution >= 4 is 11.4 Å². The number of alkyl halides is 3. The number of hydrogen-bond donors (Lipinski definition) is 2. The summed E-state index contributed by atoms with van der Waals surface area (Å²) in [4.78, 5) is 9.78. The zero-order valence-corrected chi connectivity index (χ0v) is 12.5. The monoisotopic (exact) mass is 360 g/mol. The molecule has 2 N–H and O–H groups in total. The highest BCUT2D eigenvalue weighted by atomic mass is 19.4. The van der Waals surface area contributed by atoms with Gasteiger partial charge in [0.2, 0.25) is 0 Å². The van der Waals surface area contributed by atoms with E-state index in [0.29, 0.717) is 0 Å². The fourth-order valence-corrected chi connectivity index (χ4v) is 1.98. The fraction of sp³-hybridized carbons (Fsp3) is 0.200. The molecule has 0 saturated carbocycles. The van der Waals surface area contributed by atoms with E-state index in [1.807, 2.05) is 0 Å². The number of rotatable bonds is 6. The first-order valence-electron chi connectivity index (χ1n) is 6.87. The number of nitrogens with zero attached hydrogens (tertiary/aromatic N) is 1. The third kappa shape index (κ3) is 5.31. The van der Waals surface area contributed by atoms with Gasteiger partial charge in [0.05, 0.1) is 22.8 Å². The van der Waals surface area contributed by atoms with E-state index in [1.54, 1.807) is 0 Å². The molecular weight excluding hydrogens is 348 g/mol. The predicted octanol–water partition coefficient (Wildman–Crippen LogP) is 3.78. The highest BCUT2D eigenvalue weighted by molar-refractivity contribution is 5.50. The predicted molar refractivity (Wildman–Crippen MR) is 79.6 cm³/mol. The maximum Gasteiger partial charge on any atom is 0.573 e. The van der Waals surface area contributed by atoms with Crippen molar-refractivity contribution in [3.05, 3.63) is 64.0 Å². The molecule has 0 aliphatic rings. The normalized spacial score (nSPS) is 12.5. The molecule has 2 rings (SSSR count). The van der Waals surface area contributed by atoms with E-state index >= 15 is 0 Å². The highest BCUT2D eigenvalue weighted by Crippen LogP contribution is 2.25. The van der Waals surface area contributed by atoms with Crippen molar-refractivity contribution < 1.29 is 32.3 Å². The summed E-state index contributed by atoms with van der Waals surface area (Å²) in [7, 11) is 0. The van der Waals surface area contributed by atoms with Gasteiger partial charge in [0.25, 0.3) is 5.69 Å². The van der Waals surface area contributed by atoms with Gasteiger partial charge in [-0.1, -0.05) is 12.1 Å². The summed E-state index contributed by atoms with van der Waals surface area (Å²) in [6, 6.07) is 7.54. The summed E-state index contributed by atoms with van der Waals surface area (Å²) in [6.45, 7) is -0.159. The smallest absolute Gasteiger partial charge is 0.406 e. The molecule has 10 heteroatoms. The van der Waals surface area contributed by atoms with Crippen LogP contribution < -0.4 is 10.1 Å². The number of non-ortho nitro benzene ring substituents is 1. The van der Waals surface area contributed by atoms with Gasteiger partial charge >= 0.3 is 6.36 Å². The van der Waals surface area contributed by atoms with Gasteiger partial charge in [0.15, 0.2) is 5.82 Å². The van der Waals surface area contributed by atoms with Gasteiger partial charge in [-0.25, -0.2) is 4.39 Å². The maximum absolute atomic E-state index is 13.7. The number of nitro groups is 1. The molecule has 0 aliphatic heterocycles. The Bertz CT molecular complexity index is 750. The van der Waals surface area contributed by atoms with E-state index in [1.165, 1.54) is 12.1 Å². The Labute approximate surface area is 138 Å². The van der Waals surface area contributed by atoms with Crippen LogP contribution in [0.4, 0.5) is 28.9 Å². The molecule has 0 fully saturated rings. The van der Waals surface area contributed by atoms with Gasteiger partial charge in [-0.05, 0) is 23.8 Å². The van der Waals surface area contributed by atoms with Gasteiger partial charge in [-0.15, -0.1) is 13.2 Å². The van der Waals surface area contributed by atoms with Crippen LogP contribution in [-0.4, -0.2) is 22.9 Å². The molecule has 0 amide bonds. The van der Waals surface area contributed by atoms with E-state index in [9.17, 15) is 32.8 Å². The minimum absolute atomic E-state index is 0.0540. The average Bonchev–Trinajstić information content (AvgIpc) is 2.52. The van der Waals surface area contributed by atoms with Gasteiger partial charge in [0, 0.05) is 12.6 Å². The second-order valence-corrected chi connectivity index (χ2v) is 4.93. The van der Waals surface area contributed by atoms with Crippen molar-refractivity contribution in [3.8, 4) is 5.75 Å². The van der Waals surface area contributed by atoms with Gasteiger partial charge in [0.1, 0.15) is 5.75 Å². The summed E-state index contributed by atoms with van der Waals surface area (Å²) in [5.74, 6) is -1.30. The molecule has 0 aliphatic carbocycles. The summed E-state index contributed by atoms with van der Waals surface area (Å²) in [6.07, 6.45) is -5.95. The first kappa shape index (κ1) is 18.5. The third-order valence-corrected chi connectivity index (χ3v) is 3.15. The Balaban J connectivity index is 1.98. The van der Waals surface area contributed by atoms with Crippen LogP contribution in [0.25, 0.3) is 0 Å². The second kappa shape index (κ2) is 7.34. The lowest BCUT2D eigenvalue weighted by molar-refractivity contribution is -0.385. The molecule has 1 unspecified atom stereocenters. The van der Waals surface area contributed by atoms with Crippen LogP contribution in [0.5, 0.6) is 5.75 Å². The Morgan fingerprint density at radius 3 is 2.36 bits per heavy atom. The van der Waals surface area contributed by atoms with Gasteiger partial charge in [-0.2, -0.15) is 0 Å². The summed E-state index contributed by atoms with van der Waals surface area (Å²) >= 11 is 0. The van der Waals surface area contributed by atoms with Crippen LogP contribution in [-0.2, 0) is 0 Å². The molecule has 6 nitrogen and oxygen atoms in total. The molecule has 0 bridgehead atoms. The molecule has 0 heterocycles. The minimum atomic E-state index is -4.81. The average molecular weight is 360 g/mol. The minimum Gasteiger partial charge on any atom is -0.406 e. The number of benzene rings is 2. The molecule has 2 aromatic rings. The molecule has 134 valence electrons. The molecular formula is C15H12F4N2O4. The van der Waals surface area contributed by atoms with Crippen LogP contribution in [0.3, 0.4) is 0 Å². The first-order valence-corrected chi connectivity index (χ1v) is 6.87. The SMILES string of the molecule is O=[N+]([O-])c1ccc(NCC(O)c2ccc(OC(F)(F)F)cc2)c(F)c1. The summed E-state index contributed by atoms with van der Waals surface area (Å²) < 4.78 is 53.6. The number of aliphatic hydroxyl groups is 1. The maximum atomic E-state index is 13.7. The van der Waals surface area contributed by atoms with Crippen molar-refractivity contribution in [3.63, 3.8) is 0 Å². The first-order chi connectivity index (χ1) is 11.7. The molecule has 0 spiro atoms. The molecule has 2 aromatic carbocycles. The standard InChI is InChI=1S/C15H12F4N2O4/c16-12-7-10(21(23)24)3-6-13(12)20-8-14(22)9-1-4-11(5-2-9)25-15(17,18)19/h1-7,14,20,22H,8H2. The van der Waals surface area contributed by atoms with Gasteiger partial charge < -0.3 is 15.2 Å². The van der Waals surface area contributed by atoms with Crippen molar-refractivity contribution in [1.29, 1.82) is 0 Å². The number of aliphatic hydroxyl groups excluding tert-OH is 1.